The summed E-state index contributed by atoms with van der Waals surface area (Å²) in [6.07, 6.45) is 1.89. The van der Waals surface area contributed by atoms with Gasteiger partial charge in [0.15, 0.2) is 0 Å². The van der Waals surface area contributed by atoms with Gasteiger partial charge in [-0.2, -0.15) is 0 Å². The quantitative estimate of drug-likeness (QED) is 0.586. The number of rotatable bonds is 0. The van der Waals surface area contributed by atoms with Crippen molar-refractivity contribution in [1.29, 1.82) is 0 Å². The van der Waals surface area contributed by atoms with Gasteiger partial charge in [0.25, 0.3) is 0 Å². The van der Waals surface area contributed by atoms with E-state index in [1.165, 1.54) is 10.1 Å². The molecule has 0 saturated carbocycles. The van der Waals surface area contributed by atoms with Gasteiger partial charge in [0, 0.05) is 10.1 Å². The van der Waals surface area contributed by atoms with Crippen molar-refractivity contribution < 1.29 is 4.21 Å². The minimum atomic E-state index is -0.878. The molecule has 3 aromatic rings. The molecule has 19 heavy (non-hydrogen) atoms. The fourth-order valence-corrected chi connectivity index (χ4v) is 3.70. The Morgan fingerprint density at radius 1 is 0.895 bits per heavy atom. The maximum atomic E-state index is 11.1. The van der Waals surface area contributed by atoms with E-state index >= 15 is 0 Å². The van der Waals surface area contributed by atoms with Crippen LogP contribution in [0.4, 0.5) is 0 Å². The second kappa shape index (κ2) is 5.51. The van der Waals surface area contributed by atoms with Gasteiger partial charge in [-0.15, -0.1) is 11.3 Å². The van der Waals surface area contributed by atoms with E-state index < -0.39 is 10.8 Å². The van der Waals surface area contributed by atoms with Crippen LogP contribution < -0.4 is 0 Å². The van der Waals surface area contributed by atoms with Crippen molar-refractivity contribution in [1.82, 2.24) is 0 Å². The standard InChI is InChI=1S/C8H6OS.C8H6S/c9-10-6-5-7-3-1-2-4-8(7)10;1-2-4-8-7(3-1)5-6-9-8/h1-6H;1-6H. The first kappa shape index (κ1) is 12.3. The largest absolute Gasteiger partial charge is 0.250 e. The Morgan fingerprint density at radius 2 is 1.68 bits per heavy atom. The molecule has 1 atom stereocenters. The van der Waals surface area contributed by atoms with Crippen molar-refractivity contribution in [2.75, 3.05) is 0 Å². The molecule has 0 aliphatic carbocycles. The Labute approximate surface area is 118 Å². The highest BCUT2D eigenvalue weighted by Gasteiger charge is 2.09. The molecule has 1 unspecified atom stereocenters. The molecule has 1 aliphatic rings. The average Bonchev–Trinajstić information content (AvgIpc) is 3.07. The van der Waals surface area contributed by atoms with Crippen LogP contribution >= 0.6 is 11.3 Å². The zero-order chi connectivity index (χ0) is 13.1. The van der Waals surface area contributed by atoms with Gasteiger partial charge in [-0.3, -0.25) is 0 Å². The third kappa shape index (κ3) is 2.67. The summed E-state index contributed by atoms with van der Waals surface area (Å²) in [4.78, 5) is 0.933. The van der Waals surface area contributed by atoms with Gasteiger partial charge in [-0.1, -0.05) is 36.4 Å². The number of fused-ring (bicyclic) bond motifs is 2. The molecule has 2 heterocycles. The highest BCUT2D eigenvalue weighted by atomic mass is 32.2. The highest BCUT2D eigenvalue weighted by molar-refractivity contribution is 7.88. The van der Waals surface area contributed by atoms with E-state index in [1.54, 1.807) is 16.7 Å². The lowest BCUT2D eigenvalue weighted by Crippen LogP contribution is -1.81. The lowest BCUT2D eigenvalue weighted by Gasteiger charge is -1.92. The summed E-state index contributed by atoms with van der Waals surface area (Å²) >= 11 is 1.79. The van der Waals surface area contributed by atoms with Crippen LogP contribution in [0.3, 0.4) is 0 Å². The number of thiophene rings is 1. The van der Waals surface area contributed by atoms with Crippen molar-refractivity contribution >= 4 is 38.3 Å². The molecular weight excluding hydrogens is 272 g/mol. The van der Waals surface area contributed by atoms with Gasteiger partial charge in [-0.25, -0.2) is 4.21 Å². The molecule has 0 radical (unpaired) electrons. The van der Waals surface area contributed by atoms with Crippen LogP contribution in [0.15, 0.2) is 70.3 Å². The number of benzene rings is 2. The van der Waals surface area contributed by atoms with Crippen molar-refractivity contribution in [2.45, 2.75) is 4.90 Å². The Morgan fingerprint density at radius 3 is 2.53 bits per heavy atom. The summed E-state index contributed by atoms with van der Waals surface area (Å²) in [6, 6.07) is 18.3. The zero-order valence-corrected chi connectivity index (χ0v) is 11.8. The van der Waals surface area contributed by atoms with Gasteiger partial charge < -0.3 is 0 Å². The summed E-state index contributed by atoms with van der Waals surface area (Å²) in [5, 5.41) is 5.18. The Balaban J connectivity index is 0.000000117. The molecular formula is C16H12OS2. The molecule has 1 nitrogen and oxygen atoms in total. The van der Waals surface area contributed by atoms with E-state index in [1.807, 2.05) is 30.3 Å². The Bertz CT molecular complexity index is 726. The molecule has 1 aliphatic heterocycles. The Hall–Kier alpha value is -1.71. The molecule has 94 valence electrons. The van der Waals surface area contributed by atoms with Gasteiger partial charge in [0.2, 0.25) is 0 Å². The van der Waals surface area contributed by atoms with E-state index in [9.17, 15) is 4.21 Å². The van der Waals surface area contributed by atoms with E-state index in [0.717, 1.165) is 10.5 Å². The van der Waals surface area contributed by atoms with Gasteiger partial charge in [-0.05, 0) is 40.6 Å². The van der Waals surface area contributed by atoms with Gasteiger partial charge in [0.05, 0.1) is 15.7 Å². The summed E-state index contributed by atoms with van der Waals surface area (Å²) in [6.45, 7) is 0. The van der Waals surface area contributed by atoms with E-state index in [0.29, 0.717) is 0 Å². The van der Waals surface area contributed by atoms with Gasteiger partial charge in [0.1, 0.15) is 0 Å². The molecule has 1 aromatic heterocycles. The van der Waals surface area contributed by atoms with Crippen LogP contribution in [-0.2, 0) is 10.8 Å². The fraction of sp³-hybridized carbons (Fsp3) is 0. The van der Waals surface area contributed by atoms with Crippen molar-refractivity contribution in [3.8, 4) is 0 Å². The lowest BCUT2D eigenvalue weighted by atomic mass is 10.2. The predicted octanol–water partition coefficient (Wildman–Crippen LogP) is 4.68. The summed E-state index contributed by atoms with van der Waals surface area (Å²) < 4.78 is 12.5. The monoisotopic (exact) mass is 284 g/mol. The van der Waals surface area contributed by atoms with Crippen molar-refractivity contribution in [3.05, 3.63) is 70.9 Å². The molecule has 0 bridgehead atoms. The second-order valence-corrected chi connectivity index (χ2v) is 6.35. The third-order valence-corrected chi connectivity index (χ3v) is 4.96. The zero-order valence-electron chi connectivity index (χ0n) is 10.2. The van der Waals surface area contributed by atoms with E-state index in [-0.39, 0.29) is 0 Å². The molecule has 0 saturated heterocycles. The summed E-state index contributed by atoms with van der Waals surface area (Å²) in [5.74, 6) is 0. The maximum Gasteiger partial charge on any atom is 0.0782 e. The molecule has 0 spiro atoms. The minimum Gasteiger partial charge on any atom is -0.250 e. The summed E-state index contributed by atoms with van der Waals surface area (Å²) in [7, 11) is -0.878. The number of hydrogen-bond acceptors (Lipinski definition) is 2. The topological polar surface area (TPSA) is 17.1 Å². The molecule has 0 fully saturated rings. The Kier molecular flexibility index (Phi) is 3.58. The molecule has 4 rings (SSSR count). The summed E-state index contributed by atoms with van der Waals surface area (Å²) in [5.41, 5.74) is 1.08. The third-order valence-electron chi connectivity index (χ3n) is 2.87. The predicted molar refractivity (Wildman–Crippen MR) is 83.7 cm³/mol. The first-order valence-corrected chi connectivity index (χ1v) is 8.04. The second-order valence-electron chi connectivity index (χ2n) is 4.10. The smallest absolute Gasteiger partial charge is 0.0782 e. The van der Waals surface area contributed by atoms with Crippen LogP contribution in [0.25, 0.3) is 16.2 Å². The highest BCUT2D eigenvalue weighted by Crippen LogP contribution is 2.22. The van der Waals surface area contributed by atoms with Crippen LogP contribution in [0.2, 0.25) is 0 Å². The molecule has 0 amide bonds. The molecule has 3 heteroatoms. The molecule has 0 N–H and O–H groups in total. The van der Waals surface area contributed by atoms with Crippen LogP contribution in [-0.4, -0.2) is 4.21 Å². The first-order valence-electron chi connectivity index (χ1n) is 5.95. The minimum absolute atomic E-state index is 0.878. The SMILES string of the molecule is O=S1C=Cc2ccccc21.c1ccc2sccc2c1. The molecule has 2 aromatic carbocycles. The first-order chi connectivity index (χ1) is 9.34. The van der Waals surface area contributed by atoms with Gasteiger partial charge >= 0.3 is 0 Å². The van der Waals surface area contributed by atoms with Crippen LogP contribution in [0.5, 0.6) is 0 Å². The lowest BCUT2D eigenvalue weighted by molar-refractivity contribution is 0.689. The van der Waals surface area contributed by atoms with E-state index in [2.05, 4.69) is 35.7 Å². The average molecular weight is 284 g/mol. The number of hydrogen-bond donors (Lipinski definition) is 0. The maximum absolute atomic E-state index is 11.1. The van der Waals surface area contributed by atoms with Crippen molar-refractivity contribution in [3.63, 3.8) is 0 Å². The van der Waals surface area contributed by atoms with Crippen LogP contribution in [0.1, 0.15) is 5.56 Å². The van der Waals surface area contributed by atoms with E-state index in [4.69, 9.17) is 0 Å². The van der Waals surface area contributed by atoms with Crippen LogP contribution in [0, 0.1) is 0 Å². The fourth-order valence-electron chi connectivity index (χ4n) is 1.92. The van der Waals surface area contributed by atoms with Crippen molar-refractivity contribution in [2.24, 2.45) is 0 Å². The normalized spacial score (nSPS) is 15.9.